The molecule has 12 rings (SSSR count). The zero-order chi connectivity index (χ0) is 51.2. The normalized spacial score (nSPS) is 12.2. The molecule has 3 heterocycles. The molecular formula is C65H45F6N3. The van der Waals surface area contributed by atoms with E-state index in [0.717, 1.165) is 111 Å². The van der Waals surface area contributed by atoms with E-state index >= 15 is 0 Å². The van der Waals surface area contributed by atoms with Crippen LogP contribution in [-0.2, 0) is 12.4 Å². The molecule has 12 aromatic rings. The molecule has 0 aliphatic heterocycles. The first-order chi connectivity index (χ1) is 35.5. The number of nitrogens with zero attached hydrogens (tertiary/aromatic N) is 3. The number of fused-ring (bicyclic) bond motifs is 6. The third kappa shape index (κ3) is 8.28. The summed E-state index contributed by atoms with van der Waals surface area (Å²) in [5.74, 6) is 0.304. The Labute approximate surface area is 423 Å². The van der Waals surface area contributed by atoms with Crippen LogP contribution in [0.4, 0.5) is 26.3 Å². The number of aryl methyl sites for hydroxylation is 4. The lowest BCUT2D eigenvalue weighted by Crippen LogP contribution is -2.11. The lowest BCUT2D eigenvalue weighted by atomic mass is 9.98. The van der Waals surface area contributed by atoms with Crippen LogP contribution >= 0.6 is 0 Å². The van der Waals surface area contributed by atoms with Gasteiger partial charge in [0.2, 0.25) is 0 Å². The predicted octanol–water partition coefficient (Wildman–Crippen LogP) is 18.9. The average Bonchev–Trinajstić information content (AvgIpc) is 3.91. The molecule has 0 aliphatic carbocycles. The second kappa shape index (κ2) is 17.5. The van der Waals surface area contributed by atoms with Crippen LogP contribution in [0, 0.1) is 27.7 Å². The van der Waals surface area contributed by atoms with Crippen LogP contribution in [0.5, 0.6) is 0 Å². The Kier molecular flexibility index (Phi) is 11.0. The Morgan fingerprint density at radius 1 is 0.311 bits per heavy atom. The molecule has 9 aromatic carbocycles. The number of benzene rings is 9. The molecule has 9 heteroatoms. The molecule has 0 fully saturated rings. The largest absolute Gasteiger partial charge is 0.416 e. The second-order valence-electron chi connectivity index (χ2n) is 19.4. The first kappa shape index (κ1) is 46.4. The van der Waals surface area contributed by atoms with Crippen molar-refractivity contribution in [2.45, 2.75) is 40.0 Å². The minimum atomic E-state index is -5.10. The van der Waals surface area contributed by atoms with Crippen LogP contribution in [-0.4, -0.2) is 14.1 Å². The standard InChI is InChI=1S/C65H45F6N3/c1-38-5-13-42(14-6-38)46-21-25-53-54-26-22-47(43-15-7-39(2)8-16-43)32-59(54)73(58(53)31-46)62-37-72-63(36-57(62)50-29-51(64(66,67)68)35-52(30-50)65(69,70)71)74-60-33-48(44-17-9-40(3)10-18-44)23-27-55(60)56-28-24-49(34-61(56)74)45-19-11-41(4)12-20-45/h5-37H,1-4H3. The Morgan fingerprint density at radius 3 is 0.919 bits per heavy atom. The zero-order valence-electron chi connectivity index (χ0n) is 40.7. The molecule has 0 unspecified atom stereocenters. The molecule has 74 heavy (non-hydrogen) atoms. The Morgan fingerprint density at radius 2 is 0.608 bits per heavy atom. The van der Waals surface area contributed by atoms with Gasteiger partial charge < -0.3 is 4.57 Å². The summed E-state index contributed by atoms with van der Waals surface area (Å²) in [5, 5.41) is 3.48. The van der Waals surface area contributed by atoms with E-state index < -0.39 is 23.5 Å². The smallest absolute Gasteiger partial charge is 0.307 e. The van der Waals surface area contributed by atoms with E-state index in [9.17, 15) is 26.3 Å². The van der Waals surface area contributed by atoms with Gasteiger partial charge in [0.05, 0.1) is 45.1 Å². The predicted molar refractivity (Wildman–Crippen MR) is 289 cm³/mol. The number of aromatic nitrogens is 3. The highest BCUT2D eigenvalue weighted by Crippen LogP contribution is 2.45. The number of pyridine rings is 1. The van der Waals surface area contributed by atoms with E-state index in [1.54, 1.807) is 12.3 Å². The minimum absolute atomic E-state index is 0.117. The molecule has 3 nitrogen and oxygen atoms in total. The van der Waals surface area contributed by atoms with Gasteiger partial charge in [-0.1, -0.05) is 168 Å². The molecule has 0 saturated carbocycles. The fourth-order valence-electron chi connectivity index (χ4n) is 10.3. The summed E-state index contributed by atoms with van der Waals surface area (Å²) in [5.41, 5.74) is 12.0. The van der Waals surface area contributed by atoms with Crippen LogP contribution in [0.1, 0.15) is 33.4 Å². The second-order valence-corrected chi connectivity index (χ2v) is 19.4. The third-order valence-corrected chi connectivity index (χ3v) is 14.3. The van der Waals surface area contributed by atoms with Crippen molar-refractivity contribution in [1.29, 1.82) is 0 Å². The van der Waals surface area contributed by atoms with E-state index in [2.05, 4.69) is 60.7 Å². The van der Waals surface area contributed by atoms with E-state index in [1.807, 2.05) is 146 Å². The molecule has 0 saturated heterocycles. The highest BCUT2D eigenvalue weighted by molar-refractivity contribution is 6.13. The Bertz CT molecular complexity index is 3920. The summed E-state index contributed by atoms with van der Waals surface area (Å²) in [4.78, 5) is 5.23. The topological polar surface area (TPSA) is 22.8 Å². The van der Waals surface area contributed by atoms with Gasteiger partial charge in [-0.05, 0) is 126 Å². The van der Waals surface area contributed by atoms with Gasteiger partial charge in [-0.3, -0.25) is 4.57 Å². The van der Waals surface area contributed by atoms with E-state index in [4.69, 9.17) is 4.98 Å². The van der Waals surface area contributed by atoms with Crippen molar-refractivity contribution in [3.8, 4) is 67.1 Å². The highest BCUT2D eigenvalue weighted by atomic mass is 19.4. The Hall–Kier alpha value is -8.69. The molecule has 3 aromatic heterocycles. The number of halogens is 6. The highest BCUT2D eigenvalue weighted by Gasteiger charge is 2.37. The summed E-state index contributed by atoms with van der Waals surface area (Å²) < 4.78 is 93.7. The quantitative estimate of drug-likeness (QED) is 0.146. The maximum absolute atomic E-state index is 15.0. The summed E-state index contributed by atoms with van der Waals surface area (Å²) in [6, 6.07) is 60.6. The third-order valence-electron chi connectivity index (χ3n) is 14.3. The van der Waals surface area contributed by atoms with Gasteiger partial charge in [0.25, 0.3) is 0 Å². The molecular weight excluding hydrogens is 937 g/mol. The monoisotopic (exact) mass is 981 g/mol. The van der Waals surface area contributed by atoms with E-state index in [0.29, 0.717) is 22.5 Å². The maximum Gasteiger partial charge on any atom is 0.416 e. The fourth-order valence-corrected chi connectivity index (χ4v) is 10.3. The summed E-state index contributed by atoms with van der Waals surface area (Å²) in [7, 11) is 0. The molecule has 0 atom stereocenters. The van der Waals surface area contributed by atoms with Crippen molar-refractivity contribution >= 4 is 43.6 Å². The van der Waals surface area contributed by atoms with Crippen LogP contribution in [0.2, 0.25) is 0 Å². The number of hydrogen-bond donors (Lipinski definition) is 0. The van der Waals surface area contributed by atoms with E-state index in [1.165, 1.54) is 0 Å². The summed E-state index contributed by atoms with van der Waals surface area (Å²) in [6.07, 6.45) is -8.60. The first-order valence-electron chi connectivity index (χ1n) is 24.3. The van der Waals surface area contributed by atoms with Gasteiger partial charge in [-0.2, -0.15) is 26.3 Å². The Balaban J connectivity index is 1.20. The van der Waals surface area contributed by atoms with Gasteiger partial charge in [-0.25, -0.2) is 4.98 Å². The fraction of sp³-hybridized carbons (Fsp3) is 0.0923. The molecule has 0 amide bonds. The van der Waals surface area contributed by atoms with Crippen LogP contribution in [0.15, 0.2) is 200 Å². The SMILES string of the molecule is Cc1ccc(-c2ccc3c4ccc(-c5ccc(C)cc5)cc4n(-c4cc(-c5cc(C(F)(F)F)cc(C(F)(F)F)c5)c(-n5c6cc(-c7ccc(C)cc7)ccc6c6ccc(-c7ccc(C)cc7)cc65)cn4)c3c2)cc1. The lowest BCUT2D eigenvalue weighted by Gasteiger charge is -2.19. The van der Waals surface area contributed by atoms with Crippen molar-refractivity contribution in [3.63, 3.8) is 0 Å². The molecule has 0 aliphatic rings. The van der Waals surface area contributed by atoms with Gasteiger partial charge in [-0.15, -0.1) is 0 Å². The number of hydrogen-bond acceptors (Lipinski definition) is 1. The first-order valence-corrected chi connectivity index (χ1v) is 24.3. The van der Waals surface area contributed by atoms with Gasteiger partial charge in [0.15, 0.2) is 0 Å². The van der Waals surface area contributed by atoms with Crippen molar-refractivity contribution in [3.05, 3.63) is 234 Å². The van der Waals surface area contributed by atoms with Crippen LogP contribution < -0.4 is 0 Å². The molecule has 0 radical (unpaired) electrons. The molecule has 362 valence electrons. The van der Waals surface area contributed by atoms with Crippen molar-refractivity contribution in [2.24, 2.45) is 0 Å². The molecule has 0 bridgehead atoms. The van der Waals surface area contributed by atoms with Crippen molar-refractivity contribution in [1.82, 2.24) is 14.1 Å². The van der Waals surface area contributed by atoms with Gasteiger partial charge in [0, 0.05) is 27.1 Å². The maximum atomic E-state index is 15.0. The van der Waals surface area contributed by atoms with Gasteiger partial charge >= 0.3 is 12.4 Å². The van der Waals surface area contributed by atoms with Crippen LogP contribution in [0.3, 0.4) is 0 Å². The number of rotatable bonds is 7. The van der Waals surface area contributed by atoms with Crippen molar-refractivity contribution in [2.75, 3.05) is 0 Å². The average molecular weight is 982 g/mol. The lowest BCUT2D eigenvalue weighted by molar-refractivity contribution is -0.143. The minimum Gasteiger partial charge on any atom is -0.307 e. The molecule has 0 N–H and O–H groups in total. The summed E-state index contributed by atoms with van der Waals surface area (Å²) in [6.45, 7) is 8.07. The number of alkyl halides is 6. The summed E-state index contributed by atoms with van der Waals surface area (Å²) >= 11 is 0. The van der Waals surface area contributed by atoms with E-state index in [-0.39, 0.29) is 17.2 Å². The molecule has 0 spiro atoms. The zero-order valence-corrected chi connectivity index (χ0v) is 40.7. The van der Waals surface area contributed by atoms with Crippen molar-refractivity contribution < 1.29 is 26.3 Å². The van der Waals surface area contributed by atoms with Gasteiger partial charge in [0.1, 0.15) is 5.82 Å². The van der Waals surface area contributed by atoms with Crippen LogP contribution in [0.25, 0.3) is 111 Å².